The fraction of sp³-hybridized carbons (Fsp3) is 0.133. The summed E-state index contributed by atoms with van der Waals surface area (Å²) in [5.41, 5.74) is 2.18. The van der Waals surface area contributed by atoms with Crippen molar-refractivity contribution in [3.8, 4) is 0 Å². The van der Waals surface area contributed by atoms with Gasteiger partial charge in [0.2, 0.25) is 0 Å². The Kier molecular flexibility index (Phi) is 5.01. The average Bonchev–Trinajstić information content (AvgIpc) is 2.44. The Morgan fingerprint density at radius 3 is 2.40 bits per heavy atom. The normalized spacial score (nSPS) is 10.3. The number of nitrogens with one attached hydrogen (secondary N) is 1. The van der Waals surface area contributed by atoms with Crippen molar-refractivity contribution in [3.05, 3.63) is 63.6 Å². The molecule has 104 valence electrons. The van der Waals surface area contributed by atoms with Crippen LogP contribution in [0.25, 0.3) is 0 Å². The summed E-state index contributed by atoms with van der Waals surface area (Å²) in [6.07, 6.45) is 0. The molecule has 0 aliphatic carbocycles. The van der Waals surface area contributed by atoms with Gasteiger partial charge in [0.15, 0.2) is 0 Å². The summed E-state index contributed by atoms with van der Waals surface area (Å²) in [6.45, 7) is 0.523. The minimum atomic E-state index is -0.202. The molecule has 0 bridgehead atoms. The van der Waals surface area contributed by atoms with Crippen molar-refractivity contribution in [1.29, 1.82) is 0 Å². The lowest BCUT2D eigenvalue weighted by molar-refractivity contribution is 0.102. The monoisotopic (exact) mass is 309 g/mol. The van der Waals surface area contributed by atoms with Crippen LogP contribution in [0.5, 0.6) is 0 Å². The molecule has 2 aromatic rings. The van der Waals surface area contributed by atoms with E-state index in [1.54, 1.807) is 37.4 Å². The van der Waals surface area contributed by atoms with Crippen LogP contribution < -0.4 is 5.32 Å². The Bertz CT molecular complexity index is 612. The third-order valence-electron chi connectivity index (χ3n) is 2.70. The molecule has 0 fully saturated rings. The predicted octanol–water partition coefficient (Wildman–Crippen LogP) is 4.39. The third kappa shape index (κ3) is 3.73. The van der Waals surface area contributed by atoms with Gasteiger partial charge in [-0.25, -0.2) is 0 Å². The van der Waals surface area contributed by atoms with Gasteiger partial charge in [0.05, 0.1) is 16.7 Å². The lowest BCUT2D eigenvalue weighted by Gasteiger charge is -2.07. The average molecular weight is 310 g/mol. The molecule has 0 saturated carbocycles. The van der Waals surface area contributed by atoms with E-state index in [0.29, 0.717) is 27.9 Å². The quantitative estimate of drug-likeness (QED) is 0.909. The Morgan fingerprint density at radius 2 is 1.80 bits per heavy atom. The van der Waals surface area contributed by atoms with Crippen LogP contribution in [0, 0.1) is 0 Å². The summed E-state index contributed by atoms with van der Waals surface area (Å²) in [7, 11) is 1.63. The molecule has 20 heavy (non-hydrogen) atoms. The van der Waals surface area contributed by atoms with E-state index >= 15 is 0 Å². The number of carbonyl (C=O) groups is 1. The number of methoxy groups -OCH3 is 1. The van der Waals surface area contributed by atoms with Crippen LogP contribution >= 0.6 is 23.2 Å². The van der Waals surface area contributed by atoms with Gasteiger partial charge in [0.1, 0.15) is 0 Å². The molecule has 0 radical (unpaired) electrons. The molecular formula is C15H13Cl2NO2. The topological polar surface area (TPSA) is 38.3 Å². The highest BCUT2D eigenvalue weighted by molar-refractivity contribution is 6.42. The van der Waals surface area contributed by atoms with E-state index in [4.69, 9.17) is 27.9 Å². The van der Waals surface area contributed by atoms with Gasteiger partial charge in [0.25, 0.3) is 5.91 Å². The lowest BCUT2D eigenvalue weighted by Crippen LogP contribution is -2.11. The van der Waals surface area contributed by atoms with Gasteiger partial charge in [-0.3, -0.25) is 4.79 Å². The first-order valence-electron chi connectivity index (χ1n) is 5.94. The Balaban J connectivity index is 2.09. The van der Waals surface area contributed by atoms with Gasteiger partial charge in [-0.15, -0.1) is 0 Å². The maximum absolute atomic E-state index is 12.1. The minimum absolute atomic E-state index is 0.202. The number of ether oxygens (including phenoxy) is 1. The van der Waals surface area contributed by atoms with Crippen LogP contribution in [0.15, 0.2) is 42.5 Å². The maximum Gasteiger partial charge on any atom is 0.255 e. The maximum atomic E-state index is 12.1. The number of rotatable bonds is 4. The second kappa shape index (κ2) is 6.75. The van der Waals surface area contributed by atoms with Crippen LogP contribution in [0.1, 0.15) is 15.9 Å². The number of anilines is 1. The number of carbonyl (C=O) groups excluding carboxylic acids is 1. The van der Waals surface area contributed by atoms with Crippen molar-refractivity contribution in [2.45, 2.75) is 6.61 Å². The number of hydrogen-bond donors (Lipinski definition) is 1. The molecule has 2 rings (SSSR count). The van der Waals surface area contributed by atoms with E-state index < -0.39 is 0 Å². The highest BCUT2D eigenvalue weighted by Crippen LogP contribution is 2.25. The summed E-state index contributed by atoms with van der Waals surface area (Å²) in [6, 6.07) is 12.2. The first-order valence-corrected chi connectivity index (χ1v) is 6.70. The van der Waals surface area contributed by atoms with Crippen LogP contribution in [-0.4, -0.2) is 13.0 Å². The van der Waals surface area contributed by atoms with E-state index in [9.17, 15) is 4.79 Å². The molecule has 0 unspecified atom stereocenters. The summed E-state index contributed by atoms with van der Waals surface area (Å²) in [5.74, 6) is -0.202. The van der Waals surface area contributed by atoms with Gasteiger partial charge >= 0.3 is 0 Å². The lowest BCUT2D eigenvalue weighted by atomic mass is 10.1. The molecule has 2 aromatic carbocycles. The molecule has 0 heterocycles. The number of amides is 1. The third-order valence-corrected chi connectivity index (χ3v) is 3.44. The highest BCUT2D eigenvalue weighted by Gasteiger charge is 2.07. The molecule has 5 heteroatoms. The van der Waals surface area contributed by atoms with Crippen LogP contribution in [0.2, 0.25) is 10.0 Å². The van der Waals surface area contributed by atoms with E-state index in [2.05, 4.69) is 5.32 Å². The van der Waals surface area contributed by atoms with Crippen LogP contribution in [0.3, 0.4) is 0 Å². The molecule has 0 spiro atoms. The van der Waals surface area contributed by atoms with Gasteiger partial charge in [-0.2, -0.15) is 0 Å². The Labute approximate surface area is 127 Å². The number of halogens is 2. The van der Waals surface area contributed by atoms with Crippen LogP contribution in [0.4, 0.5) is 5.69 Å². The fourth-order valence-corrected chi connectivity index (χ4v) is 1.99. The van der Waals surface area contributed by atoms with E-state index in [-0.39, 0.29) is 5.91 Å². The van der Waals surface area contributed by atoms with Crippen molar-refractivity contribution in [1.82, 2.24) is 0 Å². The molecular weight excluding hydrogens is 297 g/mol. The molecule has 0 aliphatic rings. The molecule has 0 aliphatic heterocycles. The van der Waals surface area contributed by atoms with Crippen molar-refractivity contribution in [2.75, 3.05) is 12.4 Å². The molecule has 1 N–H and O–H groups in total. The fourth-order valence-electron chi connectivity index (χ4n) is 1.70. The minimum Gasteiger partial charge on any atom is -0.380 e. The highest BCUT2D eigenvalue weighted by atomic mass is 35.5. The zero-order valence-corrected chi connectivity index (χ0v) is 12.3. The Hall–Kier alpha value is -1.55. The van der Waals surface area contributed by atoms with Crippen LogP contribution in [-0.2, 0) is 11.3 Å². The smallest absolute Gasteiger partial charge is 0.255 e. The van der Waals surface area contributed by atoms with Crippen molar-refractivity contribution >= 4 is 34.8 Å². The second-order valence-corrected chi connectivity index (χ2v) is 5.03. The van der Waals surface area contributed by atoms with Gasteiger partial charge in [0, 0.05) is 18.4 Å². The summed E-state index contributed by atoms with van der Waals surface area (Å²) < 4.78 is 5.02. The zero-order valence-electron chi connectivity index (χ0n) is 10.8. The summed E-state index contributed by atoms with van der Waals surface area (Å²) in [5, 5.41) is 3.62. The van der Waals surface area contributed by atoms with Crippen molar-refractivity contribution < 1.29 is 9.53 Å². The van der Waals surface area contributed by atoms with Crippen molar-refractivity contribution in [2.24, 2.45) is 0 Å². The van der Waals surface area contributed by atoms with Gasteiger partial charge in [-0.05, 0) is 35.9 Å². The standard InChI is InChI=1S/C15H13Cl2NO2/c1-20-9-10-2-4-11(5-3-10)15(19)18-12-6-7-13(16)14(17)8-12/h2-8H,9H2,1H3,(H,18,19). The molecule has 3 nitrogen and oxygen atoms in total. The first-order chi connectivity index (χ1) is 9.60. The van der Waals surface area contributed by atoms with Crippen molar-refractivity contribution in [3.63, 3.8) is 0 Å². The first kappa shape index (κ1) is 14.9. The van der Waals surface area contributed by atoms with Gasteiger partial charge in [-0.1, -0.05) is 35.3 Å². The summed E-state index contributed by atoms with van der Waals surface area (Å²) >= 11 is 11.7. The zero-order chi connectivity index (χ0) is 14.5. The number of hydrogen-bond acceptors (Lipinski definition) is 2. The van der Waals surface area contributed by atoms with E-state index in [1.165, 1.54) is 0 Å². The predicted molar refractivity (Wildman–Crippen MR) is 81.6 cm³/mol. The molecule has 1 amide bonds. The van der Waals surface area contributed by atoms with E-state index in [1.807, 2.05) is 12.1 Å². The van der Waals surface area contributed by atoms with E-state index in [0.717, 1.165) is 5.56 Å². The summed E-state index contributed by atoms with van der Waals surface area (Å²) in [4.78, 5) is 12.1. The number of benzene rings is 2. The Morgan fingerprint density at radius 1 is 1.10 bits per heavy atom. The SMILES string of the molecule is COCc1ccc(C(=O)Nc2ccc(Cl)c(Cl)c2)cc1. The largest absolute Gasteiger partial charge is 0.380 e. The molecule has 0 aromatic heterocycles. The van der Waals surface area contributed by atoms with Gasteiger partial charge < -0.3 is 10.1 Å². The second-order valence-electron chi connectivity index (χ2n) is 4.21. The molecule has 0 atom stereocenters. The molecule has 0 saturated heterocycles.